The van der Waals surface area contributed by atoms with E-state index in [1.807, 2.05) is 19.1 Å². The van der Waals surface area contributed by atoms with Crippen molar-refractivity contribution in [2.75, 3.05) is 11.9 Å². The second-order valence-corrected chi connectivity index (χ2v) is 4.53. The van der Waals surface area contributed by atoms with Crippen LogP contribution in [0.2, 0.25) is 0 Å². The Hall–Kier alpha value is -2.76. The standard InChI is InChI=1S/C15H15N3O3/c1-10-3-5-12(6-4-10)18-14(19)9-21-15(20)13-8-16-11(2)7-17-13/h3-8H,9H2,1-2H3,(H,18,19). The molecule has 0 saturated carbocycles. The van der Waals surface area contributed by atoms with Gasteiger partial charge in [-0.15, -0.1) is 0 Å². The van der Waals surface area contributed by atoms with Crippen molar-refractivity contribution in [3.8, 4) is 0 Å². The molecule has 0 bridgehead atoms. The van der Waals surface area contributed by atoms with Crippen LogP contribution in [-0.4, -0.2) is 28.5 Å². The fourth-order valence-electron chi connectivity index (χ4n) is 1.54. The van der Waals surface area contributed by atoms with E-state index in [-0.39, 0.29) is 12.3 Å². The number of aryl methyl sites for hydroxylation is 2. The van der Waals surface area contributed by atoms with Crippen LogP contribution in [0, 0.1) is 13.8 Å². The lowest BCUT2D eigenvalue weighted by atomic mass is 10.2. The quantitative estimate of drug-likeness (QED) is 0.867. The second-order valence-electron chi connectivity index (χ2n) is 4.53. The van der Waals surface area contributed by atoms with E-state index >= 15 is 0 Å². The average Bonchev–Trinajstić information content (AvgIpc) is 2.48. The first kappa shape index (κ1) is 14.6. The molecule has 2 aromatic rings. The monoisotopic (exact) mass is 285 g/mol. The van der Waals surface area contributed by atoms with Crippen molar-refractivity contribution in [3.63, 3.8) is 0 Å². The normalized spacial score (nSPS) is 10.0. The summed E-state index contributed by atoms with van der Waals surface area (Å²) in [6.07, 6.45) is 2.78. The third kappa shape index (κ3) is 4.38. The van der Waals surface area contributed by atoms with E-state index in [1.165, 1.54) is 12.4 Å². The summed E-state index contributed by atoms with van der Waals surface area (Å²) in [6, 6.07) is 7.31. The van der Waals surface area contributed by atoms with Crippen LogP contribution in [0.4, 0.5) is 5.69 Å². The molecule has 2 rings (SSSR count). The van der Waals surface area contributed by atoms with E-state index in [2.05, 4.69) is 15.3 Å². The molecular weight excluding hydrogens is 270 g/mol. The summed E-state index contributed by atoms with van der Waals surface area (Å²) in [5.74, 6) is -1.09. The molecule has 1 aromatic carbocycles. The van der Waals surface area contributed by atoms with Gasteiger partial charge in [-0.2, -0.15) is 0 Å². The number of hydrogen-bond donors (Lipinski definition) is 1. The van der Waals surface area contributed by atoms with Crippen LogP contribution in [0.25, 0.3) is 0 Å². The number of benzene rings is 1. The maximum Gasteiger partial charge on any atom is 0.359 e. The van der Waals surface area contributed by atoms with Crippen molar-refractivity contribution >= 4 is 17.6 Å². The molecule has 0 unspecified atom stereocenters. The third-order valence-electron chi connectivity index (χ3n) is 2.66. The SMILES string of the molecule is Cc1ccc(NC(=O)COC(=O)c2cnc(C)cn2)cc1. The highest BCUT2D eigenvalue weighted by molar-refractivity contribution is 5.94. The molecule has 108 valence electrons. The van der Waals surface area contributed by atoms with Crippen LogP contribution >= 0.6 is 0 Å². The number of hydrogen-bond acceptors (Lipinski definition) is 5. The van der Waals surface area contributed by atoms with Crippen molar-refractivity contribution in [2.45, 2.75) is 13.8 Å². The van der Waals surface area contributed by atoms with Gasteiger partial charge in [-0.3, -0.25) is 9.78 Å². The molecule has 0 aliphatic rings. The Morgan fingerprint density at radius 3 is 2.43 bits per heavy atom. The molecule has 0 spiro atoms. The van der Waals surface area contributed by atoms with Gasteiger partial charge in [0.05, 0.1) is 11.9 Å². The van der Waals surface area contributed by atoms with E-state index in [1.54, 1.807) is 19.1 Å². The van der Waals surface area contributed by atoms with Gasteiger partial charge in [-0.1, -0.05) is 17.7 Å². The highest BCUT2D eigenvalue weighted by atomic mass is 16.5. The number of carbonyl (C=O) groups is 2. The van der Waals surface area contributed by atoms with Gasteiger partial charge in [0.15, 0.2) is 12.3 Å². The summed E-state index contributed by atoms with van der Waals surface area (Å²) in [7, 11) is 0. The number of anilines is 1. The van der Waals surface area contributed by atoms with Gasteiger partial charge in [0, 0.05) is 11.9 Å². The summed E-state index contributed by atoms with van der Waals surface area (Å²) in [5, 5.41) is 2.63. The molecule has 0 aliphatic carbocycles. The summed E-state index contributed by atoms with van der Waals surface area (Å²) >= 11 is 0. The largest absolute Gasteiger partial charge is 0.451 e. The van der Waals surface area contributed by atoms with Gasteiger partial charge >= 0.3 is 5.97 Å². The number of nitrogens with one attached hydrogen (secondary N) is 1. The second kappa shape index (κ2) is 6.60. The molecule has 6 nitrogen and oxygen atoms in total. The van der Waals surface area contributed by atoms with Gasteiger partial charge < -0.3 is 10.1 Å². The number of amides is 1. The van der Waals surface area contributed by atoms with E-state index in [9.17, 15) is 9.59 Å². The molecule has 1 N–H and O–H groups in total. The minimum absolute atomic E-state index is 0.0729. The minimum atomic E-state index is -0.679. The zero-order chi connectivity index (χ0) is 15.2. The molecule has 0 aliphatic heterocycles. The first-order valence-corrected chi connectivity index (χ1v) is 6.37. The third-order valence-corrected chi connectivity index (χ3v) is 2.66. The highest BCUT2D eigenvalue weighted by Gasteiger charge is 2.11. The summed E-state index contributed by atoms with van der Waals surface area (Å²) in [5.41, 5.74) is 2.52. The smallest absolute Gasteiger partial charge is 0.359 e. The van der Waals surface area contributed by atoms with Gasteiger partial charge in [-0.25, -0.2) is 9.78 Å². The van der Waals surface area contributed by atoms with Gasteiger partial charge in [0.25, 0.3) is 5.91 Å². The van der Waals surface area contributed by atoms with Crippen molar-refractivity contribution in [1.29, 1.82) is 0 Å². The summed E-state index contributed by atoms with van der Waals surface area (Å²) < 4.78 is 4.87. The number of nitrogens with zero attached hydrogens (tertiary/aromatic N) is 2. The number of rotatable bonds is 4. The lowest BCUT2D eigenvalue weighted by molar-refractivity contribution is -0.119. The van der Waals surface area contributed by atoms with Crippen LogP contribution < -0.4 is 5.32 Å². The van der Waals surface area contributed by atoms with E-state index in [0.717, 1.165) is 5.56 Å². The Balaban J connectivity index is 1.84. The number of ether oxygens (including phenoxy) is 1. The minimum Gasteiger partial charge on any atom is -0.451 e. The molecule has 1 aromatic heterocycles. The van der Waals surface area contributed by atoms with E-state index in [4.69, 9.17) is 4.74 Å². The molecule has 0 atom stereocenters. The van der Waals surface area contributed by atoms with Gasteiger partial charge in [0.1, 0.15) is 0 Å². The van der Waals surface area contributed by atoms with Crippen LogP contribution in [-0.2, 0) is 9.53 Å². The van der Waals surface area contributed by atoms with Gasteiger partial charge in [0.2, 0.25) is 0 Å². The number of aromatic nitrogens is 2. The zero-order valence-corrected chi connectivity index (χ0v) is 11.8. The summed E-state index contributed by atoms with van der Waals surface area (Å²) in [4.78, 5) is 31.1. The first-order valence-electron chi connectivity index (χ1n) is 6.37. The molecule has 1 amide bonds. The molecular formula is C15H15N3O3. The average molecular weight is 285 g/mol. The Bertz CT molecular complexity index is 636. The van der Waals surface area contributed by atoms with E-state index in [0.29, 0.717) is 11.4 Å². The Labute approximate surface area is 122 Å². The molecule has 0 saturated heterocycles. The zero-order valence-electron chi connectivity index (χ0n) is 11.8. The lowest BCUT2D eigenvalue weighted by Gasteiger charge is -2.06. The maximum atomic E-state index is 11.7. The topological polar surface area (TPSA) is 81.2 Å². The number of esters is 1. The van der Waals surface area contributed by atoms with Crippen LogP contribution in [0.1, 0.15) is 21.7 Å². The first-order chi connectivity index (χ1) is 10.0. The maximum absolute atomic E-state index is 11.7. The van der Waals surface area contributed by atoms with Crippen molar-refractivity contribution in [1.82, 2.24) is 9.97 Å². The molecule has 0 radical (unpaired) electrons. The van der Waals surface area contributed by atoms with Crippen molar-refractivity contribution in [2.24, 2.45) is 0 Å². The fourth-order valence-corrected chi connectivity index (χ4v) is 1.54. The van der Waals surface area contributed by atoms with Crippen LogP contribution in [0.5, 0.6) is 0 Å². The van der Waals surface area contributed by atoms with Crippen LogP contribution in [0.3, 0.4) is 0 Å². The highest BCUT2D eigenvalue weighted by Crippen LogP contribution is 2.08. The molecule has 21 heavy (non-hydrogen) atoms. The Morgan fingerprint density at radius 2 is 1.81 bits per heavy atom. The molecule has 6 heteroatoms. The lowest BCUT2D eigenvalue weighted by Crippen LogP contribution is -2.21. The predicted molar refractivity (Wildman–Crippen MR) is 76.9 cm³/mol. The van der Waals surface area contributed by atoms with Gasteiger partial charge in [-0.05, 0) is 26.0 Å². The molecule has 0 fully saturated rings. The van der Waals surface area contributed by atoms with E-state index < -0.39 is 11.9 Å². The van der Waals surface area contributed by atoms with Crippen LogP contribution in [0.15, 0.2) is 36.7 Å². The Morgan fingerprint density at radius 1 is 1.10 bits per heavy atom. The fraction of sp³-hybridized carbons (Fsp3) is 0.200. The van der Waals surface area contributed by atoms with Crippen molar-refractivity contribution in [3.05, 3.63) is 53.6 Å². The number of carbonyl (C=O) groups excluding carboxylic acids is 2. The summed E-state index contributed by atoms with van der Waals surface area (Å²) in [6.45, 7) is 3.34. The molecule has 1 heterocycles. The van der Waals surface area contributed by atoms with Crippen molar-refractivity contribution < 1.29 is 14.3 Å². The Kier molecular flexibility index (Phi) is 4.61. The predicted octanol–water partition coefficient (Wildman–Crippen LogP) is 1.89.